The number of ether oxygens (including phenoxy) is 3. The highest BCUT2D eigenvalue weighted by atomic mass is 16.5. The molecule has 9 atom stereocenters. The van der Waals surface area contributed by atoms with Gasteiger partial charge in [0.05, 0.1) is 36.4 Å². The summed E-state index contributed by atoms with van der Waals surface area (Å²) < 4.78 is 15.8. The molecular formula is C45H75NO13. The summed E-state index contributed by atoms with van der Waals surface area (Å²) in [5, 5.41) is 57.0. The number of ketones is 1. The highest BCUT2D eigenvalue weighted by Gasteiger charge is 2.71. The van der Waals surface area contributed by atoms with Gasteiger partial charge in [0, 0.05) is 51.7 Å². The Morgan fingerprint density at radius 2 is 1.36 bits per heavy atom. The van der Waals surface area contributed by atoms with E-state index in [4.69, 9.17) is 29.6 Å². The molecule has 0 spiro atoms. The van der Waals surface area contributed by atoms with Gasteiger partial charge in [-0.1, -0.05) is 78.8 Å². The van der Waals surface area contributed by atoms with Crippen LogP contribution in [0.3, 0.4) is 0 Å². The van der Waals surface area contributed by atoms with Gasteiger partial charge in [0.25, 0.3) is 5.97 Å². The Morgan fingerprint density at radius 1 is 0.915 bits per heavy atom. The largest absolute Gasteiger partial charge is 0.481 e. The highest BCUT2D eigenvalue weighted by Crippen LogP contribution is 2.65. The van der Waals surface area contributed by atoms with E-state index in [-0.39, 0.29) is 24.7 Å². The number of amides is 1. The molecule has 1 unspecified atom stereocenters. The number of terminal acetylenes is 2. The van der Waals surface area contributed by atoms with Gasteiger partial charge in [0.2, 0.25) is 0 Å². The molecule has 5 rings (SSSR count). The predicted octanol–water partition coefficient (Wildman–Crippen LogP) is 4.95. The molecule has 4 aliphatic rings. The van der Waals surface area contributed by atoms with Crippen LogP contribution in [0, 0.1) is 54.3 Å². The Labute approximate surface area is 353 Å². The second kappa shape index (κ2) is 29.0. The number of carbonyl (C=O) groups is 4. The lowest BCUT2D eigenvalue weighted by atomic mass is 9.42. The molecule has 8 N–H and O–H groups in total. The number of hydrogen-bond acceptors (Lipinski definition) is 12. The van der Waals surface area contributed by atoms with E-state index in [0.29, 0.717) is 30.6 Å². The van der Waals surface area contributed by atoms with E-state index in [9.17, 15) is 29.7 Å². The van der Waals surface area contributed by atoms with Crippen LogP contribution in [0.4, 0.5) is 4.79 Å². The summed E-state index contributed by atoms with van der Waals surface area (Å²) in [4.78, 5) is 45.5. The number of methoxy groups -OCH3 is 1. The standard InChI is InChI=1S/C31H42O7.C2H5NO2.C2H4O2.2C2H6.2C2H2.2CH4O/c1-17-21(38-23(33)13-12-19-10-8-7-9-11-19)14-31(36)18(2)25-20-16-37-29(20,5)15-22(32)30(25,6)27(35)26(34)24(17)28(31,3)4;1-5-2(3)4;1-2(3)4;6*1-2/h7-11,18,20-22,25-26,32,34,36H,12-16H2,1-6H3;1H3,(H2,3,4);1H3,(H,3,4);2*1-2H3;2*1-2H;2*2H,1H3/t18-,20?,21-,22-,25+,26+,29+,30+,31+;;;;;;;;/m0......../s1. The third-order valence-electron chi connectivity index (χ3n) is 11.2. The summed E-state index contributed by atoms with van der Waals surface area (Å²) in [6.07, 6.45) is 13.1. The van der Waals surface area contributed by atoms with Crippen molar-refractivity contribution in [2.75, 3.05) is 27.9 Å². The van der Waals surface area contributed by atoms with Crippen molar-refractivity contribution < 1.29 is 64.0 Å². The van der Waals surface area contributed by atoms with Crippen LogP contribution in [0.25, 0.3) is 0 Å². The van der Waals surface area contributed by atoms with Crippen LogP contribution >= 0.6 is 0 Å². The van der Waals surface area contributed by atoms with Crippen molar-refractivity contribution in [2.45, 2.75) is 131 Å². The van der Waals surface area contributed by atoms with Crippen molar-refractivity contribution in [3.05, 3.63) is 47.0 Å². The van der Waals surface area contributed by atoms with Gasteiger partial charge in [-0.2, -0.15) is 0 Å². The number of Topliss-reactive ketones (excluding diaryl/α,β-unsaturated/α-hetero) is 1. The maximum absolute atomic E-state index is 14.1. The molecule has 338 valence electrons. The van der Waals surface area contributed by atoms with Crippen molar-refractivity contribution >= 4 is 23.8 Å². The Morgan fingerprint density at radius 3 is 1.75 bits per heavy atom. The van der Waals surface area contributed by atoms with Crippen LogP contribution in [0.5, 0.6) is 0 Å². The summed E-state index contributed by atoms with van der Waals surface area (Å²) in [6, 6.07) is 9.70. The maximum Gasteiger partial charge on any atom is 0.404 e. The van der Waals surface area contributed by atoms with Crippen LogP contribution in [-0.2, 0) is 35.0 Å². The molecule has 2 saturated carbocycles. The predicted molar refractivity (Wildman–Crippen MR) is 230 cm³/mol. The zero-order chi connectivity index (χ0) is 47.7. The monoisotopic (exact) mass is 838 g/mol. The summed E-state index contributed by atoms with van der Waals surface area (Å²) in [7, 11) is 3.22. The molecule has 1 aromatic carbocycles. The van der Waals surface area contributed by atoms with E-state index < -0.39 is 70.0 Å². The molecule has 1 heterocycles. The molecule has 3 fully saturated rings. The number of aliphatic hydroxyl groups excluding tert-OH is 4. The fraction of sp³-hybridized carbons (Fsp3) is 0.644. The van der Waals surface area contributed by atoms with E-state index in [1.807, 2.05) is 85.7 Å². The zero-order valence-electron chi connectivity index (χ0n) is 37.8. The van der Waals surface area contributed by atoms with E-state index in [2.05, 4.69) is 36.2 Å². The molecule has 1 aromatic rings. The van der Waals surface area contributed by atoms with Crippen LogP contribution in [0.1, 0.15) is 101 Å². The van der Waals surface area contributed by atoms with E-state index >= 15 is 0 Å². The number of carboxylic acids is 1. The third kappa shape index (κ3) is 14.5. The number of nitrogens with two attached hydrogens (primary N) is 1. The molecular weight excluding hydrogens is 762 g/mol. The summed E-state index contributed by atoms with van der Waals surface area (Å²) in [5.74, 6) is -2.58. The summed E-state index contributed by atoms with van der Waals surface area (Å²) in [6.45, 7) is 20.7. The molecule has 1 amide bonds. The number of carbonyl (C=O) groups excluding carboxylic acids is 3. The van der Waals surface area contributed by atoms with E-state index in [0.717, 1.165) is 26.7 Å². The lowest BCUT2D eigenvalue weighted by Crippen LogP contribution is -2.74. The first-order valence-electron chi connectivity index (χ1n) is 19.5. The fourth-order valence-electron chi connectivity index (χ4n) is 8.45. The van der Waals surface area contributed by atoms with E-state index in [1.165, 1.54) is 7.11 Å². The molecule has 14 nitrogen and oxygen atoms in total. The van der Waals surface area contributed by atoms with Gasteiger partial charge >= 0.3 is 12.1 Å². The van der Waals surface area contributed by atoms with Gasteiger partial charge in [0.15, 0.2) is 5.78 Å². The van der Waals surface area contributed by atoms with Crippen molar-refractivity contribution in [2.24, 2.45) is 34.3 Å². The summed E-state index contributed by atoms with van der Waals surface area (Å²) >= 11 is 0. The molecule has 59 heavy (non-hydrogen) atoms. The normalized spacial score (nSPS) is 29.6. The molecule has 1 saturated heterocycles. The first kappa shape index (κ1) is 61.4. The minimum absolute atomic E-state index is 0.0534. The third-order valence-corrected chi connectivity index (χ3v) is 11.2. The first-order chi connectivity index (χ1) is 27.7. The Balaban J connectivity index is -0.000000614. The topological polar surface area (TPSA) is 243 Å². The molecule has 1 aliphatic heterocycles. The molecule has 0 aromatic heterocycles. The average molecular weight is 838 g/mol. The number of rotatable bonds is 4. The van der Waals surface area contributed by atoms with Crippen LogP contribution in [0.2, 0.25) is 0 Å². The van der Waals surface area contributed by atoms with Crippen molar-refractivity contribution in [3.8, 4) is 25.7 Å². The Bertz CT molecular complexity index is 1460. The minimum atomic E-state index is -1.53. The Hall–Kier alpha value is -4.28. The number of hydrogen-bond donors (Lipinski definition) is 7. The van der Waals surface area contributed by atoms with E-state index in [1.54, 1.807) is 13.8 Å². The first-order valence-corrected chi connectivity index (χ1v) is 19.5. The van der Waals surface area contributed by atoms with Gasteiger partial charge in [-0.25, -0.2) is 4.79 Å². The zero-order valence-corrected chi connectivity index (χ0v) is 37.8. The van der Waals surface area contributed by atoms with Gasteiger partial charge < -0.3 is 50.6 Å². The number of aliphatic carboxylic acids is 1. The molecule has 3 aliphatic carbocycles. The van der Waals surface area contributed by atoms with Crippen LogP contribution in [0.15, 0.2) is 41.5 Å². The molecule has 2 bridgehead atoms. The van der Waals surface area contributed by atoms with Gasteiger partial charge in [-0.3, -0.25) is 14.4 Å². The van der Waals surface area contributed by atoms with Crippen molar-refractivity contribution in [1.82, 2.24) is 0 Å². The Kier molecular flexibility index (Phi) is 30.2. The van der Waals surface area contributed by atoms with Crippen LogP contribution < -0.4 is 5.73 Å². The minimum Gasteiger partial charge on any atom is -0.481 e. The quantitative estimate of drug-likeness (QED) is 0.121. The highest BCUT2D eigenvalue weighted by molar-refractivity contribution is 5.93. The molecule has 0 radical (unpaired) electrons. The number of carboxylic acid groups (broad SMARTS) is 1. The van der Waals surface area contributed by atoms with Crippen molar-refractivity contribution in [1.29, 1.82) is 0 Å². The summed E-state index contributed by atoms with van der Waals surface area (Å²) in [5.41, 5.74) is 2.25. The number of fused-ring (bicyclic) bond motifs is 5. The lowest BCUT2D eigenvalue weighted by Gasteiger charge is -2.67. The number of benzene rings is 1. The smallest absolute Gasteiger partial charge is 0.404 e. The fourth-order valence-corrected chi connectivity index (χ4v) is 8.45. The number of esters is 1. The van der Waals surface area contributed by atoms with Gasteiger partial charge in [0.1, 0.15) is 12.2 Å². The number of aryl methyl sites for hydroxylation is 1. The second-order valence-electron chi connectivity index (χ2n) is 14.2. The van der Waals surface area contributed by atoms with Crippen molar-refractivity contribution in [3.63, 3.8) is 0 Å². The van der Waals surface area contributed by atoms with Gasteiger partial charge in [-0.15, -0.1) is 25.7 Å². The second-order valence-corrected chi connectivity index (χ2v) is 14.2. The average Bonchev–Trinajstić information content (AvgIpc) is 3.23. The van der Waals surface area contributed by atoms with Crippen LogP contribution in [-0.4, -0.2) is 112 Å². The lowest BCUT2D eigenvalue weighted by molar-refractivity contribution is -0.300. The molecule has 14 heteroatoms. The van der Waals surface area contributed by atoms with Gasteiger partial charge in [-0.05, 0) is 55.7 Å². The number of primary amides is 1. The maximum atomic E-state index is 14.1. The number of aliphatic hydroxyl groups is 5. The SMILES string of the molecule is C#C.C#C.CC.CC.CC(=O)O.CC1=C2[C@@H](O)C(=O)[C@]3(C)[C@@H](O)C[C@@]4(C)OCC4[C@H]3[C@H](C)[C@](O)(C[C@@H]1OC(=O)CCc1ccccc1)C2(C)C.CO.CO.COC(N)=O.